The topological polar surface area (TPSA) is 45.8 Å². The molecule has 1 N–H and O–H groups in total. The van der Waals surface area contributed by atoms with Gasteiger partial charge in [0.25, 0.3) is 0 Å². The highest BCUT2D eigenvalue weighted by atomic mass is 16.1. The number of imidazole rings is 1. The van der Waals surface area contributed by atoms with Gasteiger partial charge in [0, 0.05) is 17.3 Å². The van der Waals surface area contributed by atoms with E-state index >= 15 is 0 Å². The molecule has 1 rings (SSSR count). The van der Waals surface area contributed by atoms with Gasteiger partial charge < -0.3 is 4.98 Å². The molecule has 1 aromatic heterocycles. The molecule has 0 aliphatic rings. The van der Waals surface area contributed by atoms with Crippen LogP contribution in [0.4, 0.5) is 0 Å². The number of hydrogen-bond donors (Lipinski definition) is 1. The standard InChI is InChI=1S/C9H14N2O.CH4/c1-6-5-10-8(11-6)7(12)9(2,3)4;/h5H,1-4H3,(H,10,11);1H4. The highest BCUT2D eigenvalue weighted by molar-refractivity contribution is 5.96. The summed E-state index contributed by atoms with van der Waals surface area (Å²) in [5.74, 6) is 0.510. The van der Waals surface area contributed by atoms with E-state index in [0.717, 1.165) is 5.69 Å². The van der Waals surface area contributed by atoms with E-state index in [1.54, 1.807) is 6.20 Å². The summed E-state index contributed by atoms with van der Waals surface area (Å²) in [5, 5.41) is 0. The number of aromatic nitrogens is 2. The van der Waals surface area contributed by atoms with Crippen molar-refractivity contribution in [3.8, 4) is 0 Å². The third kappa shape index (κ3) is 2.68. The Bertz CT molecular complexity index is 294. The molecule has 1 aromatic rings. The number of H-pyrrole nitrogens is 1. The molecular formula is C10H18N2O. The summed E-state index contributed by atoms with van der Waals surface area (Å²) in [4.78, 5) is 18.5. The highest BCUT2D eigenvalue weighted by Crippen LogP contribution is 2.18. The fourth-order valence-corrected chi connectivity index (χ4v) is 0.883. The van der Waals surface area contributed by atoms with E-state index < -0.39 is 0 Å². The summed E-state index contributed by atoms with van der Waals surface area (Å²) in [7, 11) is 0. The Kier molecular flexibility index (Phi) is 3.41. The Balaban J connectivity index is 0.00000144. The minimum Gasteiger partial charge on any atom is -0.340 e. The molecular weight excluding hydrogens is 164 g/mol. The molecule has 0 saturated heterocycles. The van der Waals surface area contributed by atoms with Gasteiger partial charge in [-0.2, -0.15) is 0 Å². The van der Waals surface area contributed by atoms with Gasteiger partial charge in [0.1, 0.15) is 0 Å². The number of nitrogens with one attached hydrogen (secondary N) is 1. The maximum atomic E-state index is 11.6. The number of aryl methyl sites for hydroxylation is 1. The highest BCUT2D eigenvalue weighted by Gasteiger charge is 2.24. The van der Waals surface area contributed by atoms with Crippen molar-refractivity contribution in [1.82, 2.24) is 9.97 Å². The summed E-state index contributed by atoms with van der Waals surface area (Å²) >= 11 is 0. The predicted molar refractivity (Wildman–Crippen MR) is 53.8 cm³/mol. The summed E-state index contributed by atoms with van der Waals surface area (Å²) < 4.78 is 0. The van der Waals surface area contributed by atoms with E-state index in [1.807, 2.05) is 27.7 Å². The van der Waals surface area contributed by atoms with Crippen molar-refractivity contribution in [2.24, 2.45) is 5.41 Å². The van der Waals surface area contributed by atoms with Crippen LogP contribution in [0, 0.1) is 12.3 Å². The molecule has 0 amide bonds. The van der Waals surface area contributed by atoms with Crippen molar-refractivity contribution in [3.05, 3.63) is 17.7 Å². The minimum absolute atomic E-state index is 0. The number of rotatable bonds is 1. The first kappa shape index (κ1) is 11.9. The fraction of sp³-hybridized carbons (Fsp3) is 0.600. The molecule has 0 fully saturated rings. The van der Waals surface area contributed by atoms with Gasteiger partial charge in [-0.3, -0.25) is 4.79 Å². The molecule has 0 aliphatic carbocycles. The second kappa shape index (κ2) is 3.73. The van der Waals surface area contributed by atoms with Crippen molar-refractivity contribution < 1.29 is 4.79 Å². The van der Waals surface area contributed by atoms with Crippen LogP contribution in [0.5, 0.6) is 0 Å². The van der Waals surface area contributed by atoms with E-state index in [9.17, 15) is 4.79 Å². The van der Waals surface area contributed by atoms with Crippen LogP contribution in [0.1, 0.15) is 44.5 Å². The van der Waals surface area contributed by atoms with Gasteiger partial charge in [-0.05, 0) is 6.92 Å². The van der Waals surface area contributed by atoms with E-state index in [0.29, 0.717) is 5.82 Å². The van der Waals surface area contributed by atoms with E-state index in [1.165, 1.54) is 0 Å². The number of ketones is 1. The van der Waals surface area contributed by atoms with Gasteiger partial charge >= 0.3 is 0 Å². The third-order valence-electron chi connectivity index (χ3n) is 1.60. The number of nitrogens with zero attached hydrogens (tertiary/aromatic N) is 1. The fourth-order valence-electron chi connectivity index (χ4n) is 0.883. The molecule has 0 spiro atoms. The van der Waals surface area contributed by atoms with Gasteiger partial charge in [-0.1, -0.05) is 28.2 Å². The molecule has 0 saturated carbocycles. The molecule has 0 bridgehead atoms. The van der Waals surface area contributed by atoms with Crippen molar-refractivity contribution in [2.75, 3.05) is 0 Å². The number of carbonyl (C=O) groups is 1. The zero-order valence-corrected chi connectivity index (χ0v) is 7.93. The first-order chi connectivity index (χ1) is 5.41. The van der Waals surface area contributed by atoms with Crippen molar-refractivity contribution in [2.45, 2.75) is 35.1 Å². The molecule has 0 aromatic carbocycles. The van der Waals surface area contributed by atoms with Crippen LogP contribution < -0.4 is 0 Å². The number of hydrogen-bond acceptors (Lipinski definition) is 2. The van der Waals surface area contributed by atoms with Gasteiger partial charge in [0.2, 0.25) is 5.78 Å². The molecule has 0 unspecified atom stereocenters. The maximum absolute atomic E-state index is 11.6. The normalized spacial score (nSPS) is 10.8. The van der Waals surface area contributed by atoms with Crippen LogP contribution in [0.25, 0.3) is 0 Å². The smallest absolute Gasteiger partial charge is 0.203 e. The van der Waals surface area contributed by atoms with Crippen molar-refractivity contribution in [1.29, 1.82) is 0 Å². The molecule has 13 heavy (non-hydrogen) atoms. The van der Waals surface area contributed by atoms with Crippen LogP contribution >= 0.6 is 0 Å². The summed E-state index contributed by atoms with van der Waals surface area (Å²) in [6, 6.07) is 0. The molecule has 0 atom stereocenters. The molecule has 1 heterocycles. The Hall–Kier alpha value is -1.12. The molecule has 3 heteroatoms. The van der Waals surface area contributed by atoms with E-state index in [-0.39, 0.29) is 18.6 Å². The average Bonchev–Trinajstić information content (AvgIpc) is 2.32. The van der Waals surface area contributed by atoms with Crippen LogP contribution in [-0.2, 0) is 0 Å². The lowest BCUT2D eigenvalue weighted by molar-refractivity contribution is 0.0848. The number of aromatic amines is 1. The maximum Gasteiger partial charge on any atom is 0.203 e. The minimum atomic E-state index is -0.357. The summed E-state index contributed by atoms with van der Waals surface area (Å²) in [6.07, 6.45) is 1.67. The first-order valence-electron chi connectivity index (χ1n) is 3.97. The lowest BCUT2D eigenvalue weighted by Crippen LogP contribution is -2.21. The van der Waals surface area contributed by atoms with Gasteiger partial charge in [-0.15, -0.1) is 0 Å². The lowest BCUT2D eigenvalue weighted by Gasteiger charge is -2.13. The zero-order chi connectivity index (χ0) is 9.35. The van der Waals surface area contributed by atoms with Crippen LogP contribution in [0.3, 0.4) is 0 Å². The Morgan fingerprint density at radius 2 is 2.00 bits per heavy atom. The zero-order valence-electron chi connectivity index (χ0n) is 7.93. The lowest BCUT2D eigenvalue weighted by atomic mass is 9.90. The van der Waals surface area contributed by atoms with Gasteiger partial charge in [0.15, 0.2) is 5.82 Å². The number of carbonyl (C=O) groups excluding carboxylic acids is 1. The Labute approximate surface area is 79.6 Å². The summed E-state index contributed by atoms with van der Waals surface area (Å²) in [6.45, 7) is 7.53. The SMILES string of the molecule is C.Cc1cnc(C(=O)C(C)(C)C)[nH]1. The first-order valence-corrected chi connectivity index (χ1v) is 3.97. The third-order valence-corrected chi connectivity index (χ3v) is 1.60. The van der Waals surface area contributed by atoms with Crippen LogP contribution in [0.15, 0.2) is 6.20 Å². The largest absolute Gasteiger partial charge is 0.340 e. The monoisotopic (exact) mass is 182 g/mol. The van der Waals surface area contributed by atoms with Crippen LogP contribution in [0.2, 0.25) is 0 Å². The summed E-state index contributed by atoms with van der Waals surface area (Å²) in [5.41, 5.74) is 0.562. The van der Waals surface area contributed by atoms with Crippen molar-refractivity contribution >= 4 is 5.78 Å². The van der Waals surface area contributed by atoms with Gasteiger partial charge in [0.05, 0.1) is 0 Å². The Morgan fingerprint density at radius 3 is 2.31 bits per heavy atom. The Morgan fingerprint density at radius 1 is 1.46 bits per heavy atom. The molecule has 0 aliphatic heterocycles. The molecule has 3 nitrogen and oxygen atoms in total. The van der Waals surface area contributed by atoms with Crippen molar-refractivity contribution in [3.63, 3.8) is 0 Å². The van der Waals surface area contributed by atoms with E-state index in [4.69, 9.17) is 0 Å². The average molecular weight is 182 g/mol. The molecule has 74 valence electrons. The molecule has 0 radical (unpaired) electrons. The predicted octanol–water partition coefficient (Wildman–Crippen LogP) is 2.58. The number of Topliss-reactive ketones (excluding diaryl/α,β-unsaturated/α-hetero) is 1. The van der Waals surface area contributed by atoms with E-state index in [2.05, 4.69) is 9.97 Å². The van der Waals surface area contributed by atoms with Crippen LogP contribution in [-0.4, -0.2) is 15.8 Å². The second-order valence-corrected chi connectivity index (χ2v) is 3.99. The van der Waals surface area contributed by atoms with Gasteiger partial charge in [-0.25, -0.2) is 4.98 Å². The second-order valence-electron chi connectivity index (χ2n) is 3.99. The quantitative estimate of drug-likeness (QED) is 0.678.